The van der Waals surface area contributed by atoms with Crippen LogP contribution in [0.5, 0.6) is 0 Å². The first-order valence-corrected chi connectivity index (χ1v) is 2.72. The summed E-state index contributed by atoms with van der Waals surface area (Å²) in [5.41, 5.74) is 0. The van der Waals surface area contributed by atoms with Crippen LogP contribution in [0.25, 0.3) is 0 Å². The smallest absolute Gasteiger partial charge is 0.133 e. The molecule has 2 heteroatoms. The summed E-state index contributed by atoms with van der Waals surface area (Å²) in [6.45, 7) is 6.18. The van der Waals surface area contributed by atoms with Crippen LogP contribution in [-0.4, -0.2) is 6.21 Å². The predicted octanol–water partition coefficient (Wildman–Crippen LogP) is 1.18. The standard InChI is InChI=1S/C6H13N2/c1-5(2)6(3)4-8-7/h4,6H,7H2,1-3H3/q+1/b8-4+. The van der Waals surface area contributed by atoms with Gasteiger partial charge in [0.25, 0.3) is 0 Å². The lowest BCUT2D eigenvalue weighted by Gasteiger charge is -1.95. The number of nitrogens with zero attached hydrogens (tertiary/aromatic N) is 1. The highest BCUT2D eigenvalue weighted by molar-refractivity contribution is 5.62. The van der Waals surface area contributed by atoms with Crippen LogP contribution >= 0.6 is 0 Å². The molecule has 0 aromatic rings. The van der Waals surface area contributed by atoms with Crippen molar-refractivity contribution in [2.24, 2.45) is 16.9 Å². The Balaban J connectivity index is 3.47. The molecule has 0 heterocycles. The topological polar surface area (TPSA) is 38.4 Å². The molecule has 0 fully saturated rings. The summed E-state index contributed by atoms with van der Waals surface area (Å²) in [6, 6.07) is 0. The molecule has 1 atom stereocenters. The molecule has 0 spiro atoms. The summed E-state index contributed by atoms with van der Waals surface area (Å²) in [5, 5.41) is 3.41. The molecule has 8 heavy (non-hydrogen) atoms. The molecule has 0 aliphatic heterocycles. The van der Waals surface area contributed by atoms with Crippen LogP contribution < -0.4 is 5.84 Å². The fourth-order valence-electron chi connectivity index (χ4n) is 0.278. The Morgan fingerprint density at radius 3 is 2.25 bits per heavy atom. The van der Waals surface area contributed by atoms with Gasteiger partial charge < -0.3 is 5.84 Å². The lowest BCUT2D eigenvalue weighted by atomic mass is 10.0. The fraction of sp³-hybridized carbons (Fsp3) is 0.667. The van der Waals surface area contributed by atoms with Crippen molar-refractivity contribution in [3.63, 3.8) is 0 Å². The van der Waals surface area contributed by atoms with E-state index in [1.165, 1.54) is 5.92 Å². The molecule has 2 N–H and O–H groups in total. The summed E-state index contributed by atoms with van der Waals surface area (Å²) in [7, 11) is 0. The summed E-state index contributed by atoms with van der Waals surface area (Å²) < 4.78 is 0. The van der Waals surface area contributed by atoms with Gasteiger partial charge in [0.05, 0.1) is 26.0 Å². The zero-order valence-electron chi connectivity index (χ0n) is 5.68. The maximum absolute atomic E-state index is 4.92. The third kappa shape index (κ3) is 2.50. The molecular weight excluding hydrogens is 100 g/mol. The average molecular weight is 113 g/mol. The highest BCUT2D eigenvalue weighted by atomic mass is 15.1. The van der Waals surface area contributed by atoms with E-state index in [0.717, 1.165) is 0 Å². The fourth-order valence-corrected chi connectivity index (χ4v) is 0.278. The molecule has 46 valence electrons. The van der Waals surface area contributed by atoms with E-state index in [4.69, 9.17) is 5.84 Å². The largest absolute Gasteiger partial charge is 0.323 e. The second kappa shape index (κ2) is 3.36. The number of hydrogen-bond donors (Lipinski definition) is 1. The van der Waals surface area contributed by atoms with Crippen molar-refractivity contribution in [2.45, 2.75) is 20.8 Å². The molecule has 0 aromatic carbocycles. The van der Waals surface area contributed by atoms with Gasteiger partial charge in [-0.3, -0.25) is 0 Å². The van der Waals surface area contributed by atoms with Crippen LogP contribution in [0.3, 0.4) is 0 Å². The highest BCUT2D eigenvalue weighted by Gasteiger charge is 2.12. The summed E-state index contributed by atoms with van der Waals surface area (Å²) in [5.74, 6) is 6.67. The van der Waals surface area contributed by atoms with E-state index in [9.17, 15) is 0 Å². The molecule has 0 saturated heterocycles. The number of rotatable bonds is 2. The SMILES string of the molecule is C[C+](C)C(C)/C=N/N. The van der Waals surface area contributed by atoms with Crippen molar-refractivity contribution in [3.05, 3.63) is 5.92 Å². The zero-order valence-corrected chi connectivity index (χ0v) is 5.68. The van der Waals surface area contributed by atoms with Gasteiger partial charge in [0.1, 0.15) is 5.92 Å². The first kappa shape index (κ1) is 7.34. The summed E-state index contributed by atoms with van der Waals surface area (Å²) in [6.07, 6.45) is 1.73. The molecule has 0 aromatic heterocycles. The number of hydrazone groups is 1. The summed E-state index contributed by atoms with van der Waals surface area (Å²) in [4.78, 5) is 0. The van der Waals surface area contributed by atoms with Crippen molar-refractivity contribution in [3.8, 4) is 0 Å². The van der Waals surface area contributed by atoms with Crippen molar-refractivity contribution < 1.29 is 0 Å². The quantitative estimate of drug-likeness (QED) is 0.248. The van der Waals surface area contributed by atoms with Gasteiger partial charge in [-0.15, -0.1) is 0 Å². The molecule has 0 bridgehead atoms. The lowest BCUT2D eigenvalue weighted by molar-refractivity contribution is 0.795. The molecular formula is C6H13N2+. The lowest BCUT2D eigenvalue weighted by Crippen LogP contribution is -2.03. The minimum atomic E-state index is 0.417. The molecule has 1 unspecified atom stereocenters. The molecule has 0 rings (SSSR count). The molecule has 0 aliphatic rings. The minimum absolute atomic E-state index is 0.417. The Labute approximate surface area is 50.8 Å². The van der Waals surface area contributed by atoms with Crippen LogP contribution in [-0.2, 0) is 0 Å². The maximum Gasteiger partial charge on any atom is 0.133 e. The van der Waals surface area contributed by atoms with E-state index in [2.05, 4.69) is 25.9 Å². The average Bonchev–Trinajstić information content (AvgIpc) is 1.67. The second-order valence-electron chi connectivity index (χ2n) is 2.16. The van der Waals surface area contributed by atoms with E-state index in [0.29, 0.717) is 5.92 Å². The van der Waals surface area contributed by atoms with Gasteiger partial charge in [-0.05, 0) is 6.92 Å². The van der Waals surface area contributed by atoms with E-state index in [1.807, 2.05) is 0 Å². The van der Waals surface area contributed by atoms with E-state index in [1.54, 1.807) is 6.21 Å². The number of hydrogen-bond acceptors (Lipinski definition) is 2. The van der Waals surface area contributed by atoms with Crippen LogP contribution in [0.1, 0.15) is 20.8 Å². The molecule has 2 nitrogen and oxygen atoms in total. The van der Waals surface area contributed by atoms with Gasteiger partial charge in [-0.1, -0.05) is 0 Å². The van der Waals surface area contributed by atoms with Crippen LogP contribution in [0.4, 0.5) is 0 Å². The van der Waals surface area contributed by atoms with Crippen LogP contribution in [0.15, 0.2) is 5.10 Å². The first-order chi connectivity index (χ1) is 3.68. The molecule has 0 radical (unpaired) electrons. The Morgan fingerprint density at radius 2 is 2.12 bits per heavy atom. The monoisotopic (exact) mass is 113 g/mol. The van der Waals surface area contributed by atoms with E-state index in [-0.39, 0.29) is 0 Å². The van der Waals surface area contributed by atoms with Gasteiger partial charge in [-0.2, -0.15) is 5.10 Å². The Bertz CT molecular complexity index is 76.6. The first-order valence-electron chi connectivity index (χ1n) is 2.72. The zero-order chi connectivity index (χ0) is 6.57. The van der Waals surface area contributed by atoms with Gasteiger partial charge in [-0.25, -0.2) is 0 Å². The summed E-state index contributed by atoms with van der Waals surface area (Å²) >= 11 is 0. The van der Waals surface area contributed by atoms with Crippen LogP contribution in [0, 0.1) is 11.8 Å². The van der Waals surface area contributed by atoms with E-state index < -0.39 is 0 Å². The maximum atomic E-state index is 4.92. The molecule has 0 amide bonds. The van der Waals surface area contributed by atoms with Gasteiger partial charge >= 0.3 is 0 Å². The highest BCUT2D eigenvalue weighted by Crippen LogP contribution is 2.07. The normalized spacial score (nSPS) is 14.4. The Hall–Kier alpha value is -0.660. The van der Waals surface area contributed by atoms with E-state index >= 15 is 0 Å². The predicted molar refractivity (Wildman–Crippen MR) is 36.4 cm³/mol. The van der Waals surface area contributed by atoms with Crippen molar-refractivity contribution >= 4 is 6.21 Å². The van der Waals surface area contributed by atoms with Gasteiger partial charge in [0.2, 0.25) is 0 Å². The minimum Gasteiger partial charge on any atom is -0.323 e. The van der Waals surface area contributed by atoms with Gasteiger partial charge in [0.15, 0.2) is 0 Å². The molecule has 0 saturated carbocycles. The number of nitrogens with two attached hydrogens (primary N) is 1. The van der Waals surface area contributed by atoms with Crippen LogP contribution in [0.2, 0.25) is 0 Å². The second-order valence-corrected chi connectivity index (χ2v) is 2.16. The third-order valence-electron chi connectivity index (χ3n) is 1.22. The third-order valence-corrected chi connectivity index (χ3v) is 1.22. The van der Waals surface area contributed by atoms with Crippen molar-refractivity contribution in [2.75, 3.05) is 0 Å². The Morgan fingerprint density at radius 1 is 1.62 bits per heavy atom. The van der Waals surface area contributed by atoms with Gasteiger partial charge in [0, 0.05) is 0 Å². The van der Waals surface area contributed by atoms with Crippen molar-refractivity contribution in [1.29, 1.82) is 0 Å². The Kier molecular flexibility index (Phi) is 3.08. The van der Waals surface area contributed by atoms with Crippen molar-refractivity contribution in [1.82, 2.24) is 0 Å². The molecule has 0 aliphatic carbocycles.